The first kappa shape index (κ1) is 31.0. The summed E-state index contributed by atoms with van der Waals surface area (Å²) in [4.78, 5) is 26.8. The summed E-state index contributed by atoms with van der Waals surface area (Å²) in [6.45, 7) is 4.94. The van der Waals surface area contributed by atoms with E-state index in [9.17, 15) is 40.2 Å². The van der Waals surface area contributed by atoms with E-state index in [4.69, 9.17) is 0 Å². The fourth-order valence-electron chi connectivity index (χ4n) is 4.84. The Kier molecular flexibility index (Phi) is 12.0. The normalized spacial score (nSPS) is 12.3. The molecule has 210 valence electrons. The number of carboxylic acid groups (broad SMARTS) is 2. The van der Waals surface area contributed by atoms with Gasteiger partial charge >= 0.3 is 11.9 Å². The molecular weight excluding hydrogens is 492 g/mol. The maximum Gasteiger partial charge on any atom is 0.323 e. The number of aromatic hydroxyl groups is 2. The summed E-state index contributed by atoms with van der Waals surface area (Å²) in [5, 5.41) is 59.9. The fraction of sp³-hybridized carbons (Fsp3) is 0.500. The van der Waals surface area contributed by atoms with Gasteiger partial charge in [0.05, 0.1) is 19.8 Å². The average molecular weight is 533 g/mol. The molecule has 0 radical (unpaired) electrons. The summed E-state index contributed by atoms with van der Waals surface area (Å²) in [7, 11) is 0. The summed E-state index contributed by atoms with van der Waals surface area (Å²) in [5.41, 5.74) is 4.40. The maximum atomic E-state index is 12.0. The van der Waals surface area contributed by atoms with Crippen LogP contribution >= 0.6 is 0 Å². The second kappa shape index (κ2) is 14.7. The Labute approximate surface area is 223 Å². The smallest absolute Gasteiger partial charge is 0.323 e. The van der Waals surface area contributed by atoms with Crippen LogP contribution in [-0.2, 0) is 48.5 Å². The number of aryl methyl sites for hydroxylation is 2. The van der Waals surface area contributed by atoms with E-state index in [1.165, 1.54) is 11.0 Å². The van der Waals surface area contributed by atoms with Gasteiger partial charge in [0, 0.05) is 37.3 Å². The number of hydrogen-bond acceptors (Lipinski definition) is 8. The number of carbonyl (C=O) groups is 2. The van der Waals surface area contributed by atoms with Crippen molar-refractivity contribution in [1.29, 1.82) is 0 Å². The maximum absolute atomic E-state index is 12.0. The molecule has 0 bridgehead atoms. The molecule has 10 heteroatoms. The van der Waals surface area contributed by atoms with Crippen molar-refractivity contribution in [2.24, 2.45) is 0 Å². The van der Waals surface area contributed by atoms with Crippen molar-refractivity contribution < 1.29 is 40.2 Å². The lowest BCUT2D eigenvalue weighted by Gasteiger charge is -2.32. The first-order chi connectivity index (χ1) is 18.1. The molecule has 0 aliphatic carbocycles. The molecule has 6 N–H and O–H groups in total. The Bertz CT molecular complexity index is 1100. The number of aliphatic hydroxyl groups excluding tert-OH is 2. The molecule has 0 saturated heterocycles. The van der Waals surface area contributed by atoms with Crippen molar-refractivity contribution in [3.63, 3.8) is 0 Å². The number of benzene rings is 2. The van der Waals surface area contributed by atoms with Crippen LogP contribution in [0.3, 0.4) is 0 Å². The fourth-order valence-corrected chi connectivity index (χ4v) is 4.84. The minimum atomic E-state index is -1.26. The molecule has 0 saturated carbocycles. The van der Waals surface area contributed by atoms with Crippen molar-refractivity contribution in [3.05, 3.63) is 57.6 Å². The van der Waals surface area contributed by atoms with Gasteiger partial charge in [-0.25, -0.2) is 0 Å². The van der Waals surface area contributed by atoms with E-state index < -0.39 is 24.6 Å². The monoisotopic (exact) mass is 532 g/mol. The third kappa shape index (κ3) is 7.91. The summed E-state index contributed by atoms with van der Waals surface area (Å²) in [6, 6.07) is 5.38. The van der Waals surface area contributed by atoms with Gasteiger partial charge in [0.25, 0.3) is 0 Å². The molecule has 1 atom stereocenters. The van der Waals surface area contributed by atoms with Gasteiger partial charge in [0.15, 0.2) is 0 Å². The van der Waals surface area contributed by atoms with Crippen LogP contribution < -0.4 is 0 Å². The number of aliphatic carboxylic acids is 2. The van der Waals surface area contributed by atoms with Crippen LogP contribution in [0.5, 0.6) is 11.5 Å². The molecular formula is C28H40N2O8. The topological polar surface area (TPSA) is 162 Å². The van der Waals surface area contributed by atoms with Gasteiger partial charge in [-0.1, -0.05) is 32.9 Å². The lowest BCUT2D eigenvalue weighted by molar-refractivity contribution is -0.146. The molecule has 2 rings (SSSR count). The number of hydrogen-bond donors (Lipinski definition) is 6. The minimum Gasteiger partial charge on any atom is -0.508 e. The summed E-state index contributed by atoms with van der Waals surface area (Å²) in [5.74, 6) is -2.32. The van der Waals surface area contributed by atoms with Crippen LogP contribution in [0.15, 0.2) is 24.3 Å². The third-order valence-electron chi connectivity index (χ3n) is 6.88. The van der Waals surface area contributed by atoms with Crippen molar-refractivity contribution in [3.8, 4) is 11.5 Å². The quantitative estimate of drug-likeness (QED) is 0.189. The zero-order valence-electron chi connectivity index (χ0n) is 22.4. The van der Waals surface area contributed by atoms with Crippen molar-refractivity contribution in [2.45, 2.75) is 65.8 Å². The van der Waals surface area contributed by atoms with Crippen molar-refractivity contribution in [2.75, 3.05) is 26.2 Å². The molecule has 0 unspecified atom stereocenters. The second-order valence-corrected chi connectivity index (χ2v) is 9.28. The number of phenolic OH excluding ortho intramolecular Hbond substituents is 2. The predicted molar refractivity (Wildman–Crippen MR) is 142 cm³/mol. The van der Waals surface area contributed by atoms with E-state index in [-0.39, 0.29) is 50.8 Å². The number of nitrogens with zero attached hydrogens (tertiary/aromatic N) is 2. The van der Waals surface area contributed by atoms with E-state index in [0.29, 0.717) is 29.5 Å². The Morgan fingerprint density at radius 1 is 0.816 bits per heavy atom. The van der Waals surface area contributed by atoms with Crippen LogP contribution in [0.25, 0.3) is 0 Å². The van der Waals surface area contributed by atoms with Gasteiger partial charge < -0.3 is 30.6 Å². The highest BCUT2D eigenvalue weighted by Gasteiger charge is 2.28. The molecule has 0 fully saturated rings. The van der Waals surface area contributed by atoms with Crippen molar-refractivity contribution >= 4 is 11.9 Å². The van der Waals surface area contributed by atoms with Gasteiger partial charge in [0.2, 0.25) is 0 Å². The van der Waals surface area contributed by atoms with Gasteiger partial charge in [0.1, 0.15) is 17.5 Å². The van der Waals surface area contributed by atoms with E-state index in [0.717, 1.165) is 23.1 Å². The van der Waals surface area contributed by atoms with Crippen LogP contribution in [0.2, 0.25) is 0 Å². The summed E-state index contributed by atoms with van der Waals surface area (Å²) in [6.07, 6.45) is 1.93. The van der Waals surface area contributed by atoms with E-state index in [1.807, 2.05) is 26.8 Å². The van der Waals surface area contributed by atoms with Gasteiger partial charge in [-0.2, -0.15) is 0 Å². The minimum absolute atomic E-state index is 0.0370. The molecule has 2 aromatic carbocycles. The number of phenols is 2. The second-order valence-electron chi connectivity index (χ2n) is 9.28. The lowest BCUT2D eigenvalue weighted by atomic mass is 9.95. The largest absolute Gasteiger partial charge is 0.508 e. The molecule has 0 amide bonds. The highest BCUT2D eigenvalue weighted by molar-refractivity contribution is 5.73. The SMILES string of the molecule is CCc1cc(CO)cc(O)c1CN(CCN(Cc1c(O)ccc(CC)c1CC)[C@H](CO)C(=O)O)CC(=O)O. The highest BCUT2D eigenvalue weighted by Crippen LogP contribution is 2.29. The third-order valence-corrected chi connectivity index (χ3v) is 6.88. The molecule has 38 heavy (non-hydrogen) atoms. The molecule has 0 aliphatic rings. The number of rotatable bonds is 16. The van der Waals surface area contributed by atoms with E-state index in [2.05, 4.69) is 0 Å². The van der Waals surface area contributed by atoms with Gasteiger partial charge in [-0.05, 0) is 53.6 Å². The number of carboxylic acids is 2. The van der Waals surface area contributed by atoms with E-state index >= 15 is 0 Å². The van der Waals surface area contributed by atoms with Crippen molar-refractivity contribution in [1.82, 2.24) is 9.80 Å². The Morgan fingerprint density at radius 2 is 1.50 bits per heavy atom. The molecule has 0 aliphatic heterocycles. The average Bonchev–Trinajstić information content (AvgIpc) is 2.88. The molecule has 0 heterocycles. The van der Waals surface area contributed by atoms with Gasteiger partial charge in [-0.3, -0.25) is 19.4 Å². The first-order valence-corrected chi connectivity index (χ1v) is 12.9. The molecule has 2 aromatic rings. The Hall–Kier alpha value is -3.18. The first-order valence-electron chi connectivity index (χ1n) is 12.9. The standard InChI is InChI=1S/C28H40N2O8/c1-4-19-7-8-25(33)23(21(19)6-3)14-30(24(17-32)28(37)38)10-9-29(15-27(35)36)13-22-20(5-2)11-18(16-31)12-26(22)34/h7-8,11-12,24,31-34H,4-6,9-10,13-17H2,1-3H3,(H,35,36)(H,37,38)/t24-/m1/s1. The molecule has 0 spiro atoms. The zero-order chi connectivity index (χ0) is 28.4. The van der Waals surface area contributed by atoms with Crippen LogP contribution in [0.1, 0.15) is 54.2 Å². The van der Waals surface area contributed by atoms with Crippen LogP contribution in [0, 0.1) is 0 Å². The van der Waals surface area contributed by atoms with E-state index in [1.54, 1.807) is 17.0 Å². The molecule has 0 aromatic heterocycles. The van der Waals surface area contributed by atoms with Crippen LogP contribution in [-0.4, -0.2) is 84.7 Å². The zero-order valence-corrected chi connectivity index (χ0v) is 22.4. The predicted octanol–water partition coefficient (Wildman–Crippen LogP) is 2.11. The van der Waals surface area contributed by atoms with Crippen LogP contribution in [0.4, 0.5) is 0 Å². The lowest BCUT2D eigenvalue weighted by Crippen LogP contribution is -2.47. The Balaban J connectivity index is 2.40. The Morgan fingerprint density at radius 3 is 2.03 bits per heavy atom. The summed E-state index contributed by atoms with van der Waals surface area (Å²) < 4.78 is 0. The number of aliphatic hydroxyl groups is 2. The van der Waals surface area contributed by atoms with Gasteiger partial charge in [-0.15, -0.1) is 0 Å². The molecule has 10 nitrogen and oxygen atoms in total. The highest BCUT2D eigenvalue weighted by atomic mass is 16.4. The summed E-state index contributed by atoms with van der Waals surface area (Å²) >= 11 is 0.